The van der Waals surface area contributed by atoms with E-state index in [9.17, 15) is 0 Å². The number of pyridine rings is 2. The van der Waals surface area contributed by atoms with Crippen LogP contribution in [0.4, 0.5) is 0 Å². The Kier molecular flexibility index (Phi) is 4.04. The van der Waals surface area contributed by atoms with Crippen molar-refractivity contribution in [3.05, 3.63) is 83.8 Å². The summed E-state index contributed by atoms with van der Waals surface area (Å²) in [6, 6.07) is 19.8. The molecule has 0 unspecified atom stereocenters. The average molecular weight is 339 g/mol. The predicted octanol–water partition coefficient (Wildman–Crippen LogP) is 5.32. The Bertz CT molecular complexity index is 1110. The fourth-order valence-electron chi connectivity index (χ4n) is 3.61. The Hall–Kier alpha value is -3.00. The summed E-state index contributed by atoms with van der Waals surface area (Å²) in [5.41, 5.74) is 8.70. The molecule has 128 valence electrons. The maximum absolute atomic E-state index is 4.27. The Morgan fingerprint density at radius 2 is 1.69 bits per heavy atom. The number of fused-ring (bicyclic) bond motifs is 1. The topological polar surface area (TPSA) is 16.8 Å². The van der Waals surface area contributed by atoms with E-state index in [4.69, 9.17) is 0 Å². The Morgan fingerprint density at radius 1 is 0.846 bits per heavy atom. The molecule has 2 aromatic heterocycles. The molecule has 2 aromatic carbocycles. The van der Waals surface area contributed by atoms with Gasteiger partial charge in [0, 0.05) is 30.9 Å². The molecule has 0 radical (unpaired) electrons. The zero-order valence-corrected chi connectivity index (χ0v) is 15.7. The van der Waals surface area contributed by atoms with Crippen LogP contribution in [0, 0.1) is 20.8 Å². The van der Waals surface area contributed by atoms with E-state index >= 15 is 0 Å². The van der Waals surface area contributed by atoms with Crippen LogP contribution < -0.4 is 4.57 Å². The third-order valence-corrected chi connectivity index (χ3v) is 5.18. The minimum atomic E-state index is 1.14. The van der Waals surface area contributed by atoms with Crippen molar-refractivity contribution in [2.45, 2.75) is 20.8 Å². The molecule has 0 saturated carbocycles. The van der Waals surface area contributed by atoms with Crippen LogP contribution in [0.1, 0.15) is 16.8 Å². The Labute approximate surface area is 154 Å². The van der Waals surface area contributed by atoms with Crippen LogP contribution in [-0.4, -0.2) is 4.98 Å². The van der Waals surface area contributed by atoms with Crippen LogP contribution in [0.5, 0.6) is 0 Å². The zero-order chi connectivity index (χ0) is 18.3. The van der Waals surface area contributed by atoms with E-state index < -0.39 is 0 Å². The fourth-order valence-corrected chi connectivity index (χ4v) is 3.61. The van der Waals surface area contributed by atoms with Gasteiger partial charge in [0.05, 0.1) is 10.9 Å². The molecule has 0 bridgehead atoms. The summed E-state index contributed by atoms with van der Waals surface area (Å²) >= 11 is 0. The largest absolute Gasteiger partial charge is 0.264 e. The van der Waals surface area contributed by atoms with Crippen molar-refractivity contribution in [1.29, 1.82) is 0 Å². The van der Waals surface area contributed by atoms with E-state index in [-0.39, 0.29) is 0 Å². The first-order valence-corrected chi connectivity index (χ1v) is 8.96. The molecular weight excluding hydrogens is 316 g/mol. The van der Waals surface area contributed by atoms with E-state index in [1.807, 2.05) is 18.5 Å². The van der Waals surface area contributed by atoms with Gasteiger partial charge in [-0.3, -0.25) is 4.98 Å². The minimum Gasteiger partial charge on any atom is -0.264 e. The maximum Gasteiger partial charge on any atom is 0.220 e. The van der Waals surface area contributed by atoms with Crippen LogP contribution in [0.25, 0.3) is 33.2 Å². The van der Waals surface area contributed by atoms with Crippen molar-refractivity contribution < 1.29 is 4.57 Å². The average Bonchev–Trinajstić information content (AvgIpc) is 2.64. The van der Waals surface area contributed by atoms with Crippen LogP contribution in [-0.2, 0) is 7.05 Å². The number of aryl methyl sites for hydroxylation is 3. The van der Waals surface area contributed by atoms with Gasteiger partial charge in [0.2, 0.25) is 5.69 Å². The number of benzene rings is 2. The van der Waals surface area contributed by atoms with Gasteiger partial charge in [-0.05, 0) is 48.6 Å². The van der Waals surface area contributed by atoms with Gasteiger partial charge in [-0.25, -0.2) is 0 Å². The number of rotatable bonds is 2. The Balaban J connectivity index is 2.03. The summed E-state index contributed by atoms with van der Waals surface area (Å²) in [6.45, 7) is 6.51. The highest BCUT2D eigenvalue weighted by atomic mass is 14.9. The highest BCUT2D eigenvalue weighted by Crippen LogP contribution is 2.32. The molecular formula is C24H23N2+. The standard InChI is InChI=1S/C24H23N2/c1-16-7-10-22-21(12-16)13-18(3)26(4)24(22)23-14-19(9-8-17(23)2)20-6-5-11-25-15-20/h5-15H,1-4H3/q+1. The normalized spacial score (nSPS) is 11.1. The maximum atomic E-state index is 4.27. The molecule has 4 aromatic rings. The highest BCUT2D eigenvalue weighted by Gasteiger charge is 2.20. The zero-order valence-electron chi connectivity index (χ0n) is 15.7. The molecule has 0 aliphatic heterocycles. The molecule has 0 spiro atoms. The molecule has 4 rings (SSSR count). The molecule has 0 amide bonds. The van der Waals surface area contributed by atoms with Gasteiger partial charge in [0.25, 0.3) is 0 Å². The number of hydrogen-bond acceptors (Lipinski definition) is 1. The second kappa shape index (κ2) is 6.38. The fraction of sp³-hybridized carbons (Fsp3) is 0.167. The van der Waals surface area contributed by atoms with Crippen molar-refractivity contribution in [3.8, 4) is 22.4 Å². The van der Waals surface area contributed by atoms with Gasteiger partial charge < -0.3 is 0 Å². The summed E-state index contributed by atoms with van der Waals surface area (Å²) in [7, 11) is 2.15. The smallest absolute Gasteiger partial charge is 0.220 e. The molecule has 0 atom stereocenters. The highest BCUT2D eigenvalue weighted by molar-refractivity contribution is 5.95. The number of nitrogens with zero attached hydrogens (tertiary/aromatic N) is 2. The third-order valence-electron chi connectivity index (χ3n) is 5.18. The molecule has 0 N–H and O–H groups in total. The number of hydrogen-bond donors (Lipinski definition) is 0. The summed E-state index contributed by atoms with van der Waals surface area (Å²) in [4.78, 5) is 4.27. The van der Waals surface area contributed by atoms with E-state index in [0.717, 1.165) is 5.56 Å². The summed E-state index contributed by atoms with van der Waals surface area (Å²) in [5, 5.41) is 2.58. The first-order valence-electron chi connectivity index (χ1n) is 8.96. The van der Waals surface area contributed by atoms with Gasteiger partial charge >= 0.3 is 0 Å². The van der Waals surface area contributed by atoms with E-state index in [0.29, 0.717) is 0 Å². The third kappa shape index (κ3) is 2.78. The van der Waals surface area contributed by atoms with Crippen molar-refractivity contribution in [1.82, 2.24) is 4.98 Å². The first-order chi connectivity index (χ1) is 12.5. The summed E-state index contributed by atoms with van der Waals surface area (Å²) < 4.78 is 2.30. The summed E-state index contributed by atoms with van der Waals surface area (Å²) in [5.74, 6) is 0. The van der Waals surface area contributed by atoms with Crippen molar-refractivity contribution >= 4 is 10.8 Å². The SMILES string of the molecule is Cc1ccc2c(-c3cc(-c4cccnc4)ccc3C)[n+](C)c(C)cc2c1. The van der Waals surface area contributed by atoms with Crippen molar-refractivity contribution in [3.63, 3.8) is 0 Å². The Morgan fingerprint density at radius 3 is 2.46 bits per heavy atom. The van der Waals surface area contributed by atoms with Crippen LogP contribution in [0.15, 0.2) is 67.0 Å². The lowest BCUT2D eigenvalue weighted by molar-refractivity contribution is -0.665. The van der Waals surface area contributed by atoms with Gasteiger partial charge in [-0.15, -0.1) is 0 Å². The molecule has 0 saturated heterocycles. The molecule has 0 aliphatic rings. The van der Waals surface area contributed by atoms with E-state index in [1.165, 1.54) is 44.4 Å². The lowest BCUT2D eigenvalue weighted by Gasteiger charge is -2.12. The lowest BCUT2D eigenvalue weighted by atomic mass is 9.94. The second-order valence-corrected chi connectivity index (χ2v) is 7.06. The number of aromatic nitrogens is 2. The van der Waals surface area contributed by atoms with E-state index in [2.05, 4.69) is 85.9 Å². The molecule has 0 aliphatic carbocycles. The van der Waals surface area contributed by atoms with E-state index in [1.54, 1.807) is 0 Å². The predicted molar refractivity (Wildman–Crippen MR) is 108 cm³/mol. The molecule has 0 fully saturated rings. The van der Waals surface area contributed by atoms with Crippen LogP contribution in [0.3, 0.4) is 0 Å². The van der Waals surface area contributed by atoms with Gasteiger partial charge in [0.1, 0.15) is 7.05 Å². The van der Waals surface area contributed by atoms with Crippen molar-refractivity contribution in [2.75, 3.05) is 0 Å². The van der Waals surface area contributed by atoms with Gasteiger partial charge in [0.15, 0.2) is 5.69 Å². The summed E-state index contributed by atoms with van der Waals surface area (Å²) in [6.07, 6.45) is 3.74. The molecule has 2 heterocycles. The molecule has 2 nitrogen and oxygen atoms in total. The molecule has 26 heavy (non-hydrogen) atoms. The monoisotopic (exact) mass is 339 g/mol. The quantitative estimate of drug-likeness (QED) is 0.452. The van der Waals surface area contributed by atoms with Gasteiger partial charge in [-0.2, -0.15) is 4.57 Å². The second-order valence-electron chi connectivity index (χ2n) is 7.06. The van der Waals surface area contributed by atoms with Gasteiger partial charge in [-0.1, -0.05) is 35.9 Å². The van der Waals surface area contributed by atoms with Crippen LogP contribution in [0.2, 0.25) is 0 Å². The first kappa shape index (κ1) is 16.5. The minimum absolute atomic E-state index is 1.14. The molecule has 2 heteroatoms. The lowest BCUT2D eigenvalue weighted by Crippen LogP contribution is -2.35. The van der Waals surface area contributed by atoms with Crippen LogP contribution >= 0.6 is 0 Å². The van der Waals surface area contributed by atoms with Crippen molar-refractivity contribution in [2.24, 2.45) is 7.05 Å².